The molecule has 1 aliphatic heterocycles. The molecule has 0 fully saturated rings. The number of fused-ring (bicyclic) bond motifs is 1. The van der Waals surface area contributed by atoms with Crippen LogP contribution in [0.4, 0.5) is 0 Å². The third-order valence-corrected chi connectivity index (χ3v) is 8.28. The number of allylic oxidation sites excluding steroid dienone is 1. The third-order valence-electron chi connectivity index (χ3n) is 6.17. The van der Waals surface area contributed by atoms with Crippen molar-refractivity contribution >= 4 is 27.5 Å². The molecule has 0 aromatic heterocycles. The zero-order valence-corrected chi connectivity index (χ0v) is 20.8. The Morgan fingerprint density at radius 3 is 2.39 bits per heavy atom. The SMILES string of the molecule is CCCCCCCOc1cc2c(cc1C(C)=Cc1ccc(C(=O)O)cc1)C(C)(C)CS2(=O)=O. The van der Waals surface area contributed by atoms with Gasteiger partial charge in [0.15, 0.2) is 9.84 Å². The van der Waals surface area contributed by atoms with E-state index in [2.05, 4.69) is 6.92 Å². The molecule has 6 heteroatoms. The van der Waals surface area contributed by atoms with Crippen LogP contribution in [0.5, 0.6) is 5.75 Å². The van der Waals surface area contributed by atoms with Crippen molar-refractivity contribution in [2.24, 2.45) is 0 Å². The van der Waals surface area contributed by atoms with E-state index in [4.69, 9.17) is 9.84 Å². The number of hydrogen-bond acceptors (Lipinski definition) is 4. The summed E-state index contributed by atoms with van der Waals surface area (Å²) in [6.07, 6.45) is 7.54. The molecule has 1 N–H and O–H groups in total. The molecule has 0 amide bonds. The average molecular weight is 471 g/mol. The van der Waals surface area contributed by atoms with Crippen molar-refractivity contribution in [2.45, 2.75) is 70.1 Å². The lowest BCUT2D eigenvalue weighted by Gasteiger charge is -2.20. The predicted octanol–water partition coefficient (Wildman–Crippen LogP) is 6.36. The molecule has 1 heterocycles. The van der Waals surface area contributed by atoms with Crippen molar-refractivity contribution < 1.29 is 23.1 Å². The number of benzene rings is 2. The minimum absolute atomic E-state index is 0.0919. The lowest BCUT2D eigenvalue weighted by molar-refractivity contribution is 0.0697. The van der Waals surface area contributed by atoms with Crippen LogP contribution >= 0.6 is 0 Å². The van der Waals surface area contributed by atoms with Crippen LogP contribution in [0.1, 0.15) is 86.8 Å². The lowest BCUT2D eigenvalue weighted by Crippen LogP contribution is -2.19. The summed E-state index contributed by atoms with van der Waals surface area (Å²) in [6.45, 7) is 8.60. The van der Waals surface area contributed by atoms with Crippen LogP contribution in [0.15, 0.2) is 41.3 Å². The van der Waals surface area contributed by atoms with Crippen LogP contribution in [0.25, 0.3) is 11.6 Å². The van der Waals surface area contributed by atoms with Crippen LogP contribution in [0.3, 0.4) is 0 Å². The molecule has 2 aromatic rings. The van der Waals surface area contributed by atoms with Gasteiger partial charge in [-0.15, -0.1) is 0 Å². The summed E-state index contributed by atoms with van der Waals surface area (Å²) in [6, 6.07) is 10.3. The molecule has 0 radical (unpaired) electrons. The smallest absolute Gasteiger partial charge is 0.335 e. The van der Waals surface area contributed by atoms with Gasteiger partial charge in [0.2, 0.25) is 0 Å². The highest BCUT2D eigenvalue weighted by Crippen LogP contribution is 2.44. The minimum atomic E-state index is -3.35. The molecule has 33 heavy (non-hydrogen) atoms. The molecule has 0 spiro atoms. The molecule has 0 saturated heterocycles. The summed E-state index contributed by atoms with van der Waals surface area (Å²) in [4.78, 5) is 11.5. The highest BCUT2D eigenvalue weighted by Gasteiger charge is 2.41. The monoisotopic (exact) mass is 470 g/mol. The minimum Gasteiger partial charge on any atom is -0.493 e. The molecular formula is C27H34O5S. The highest BCUT2D eigenvalue weighted by molar-refractivity contribution is 7.91. The number of carboxylic acid groups (broad SMARTS) is 1. The van der Waals surface area contributed by atoms with Crippen molar-refractivity contribution in [1.82, 2.24) is 0 Å². The summed E-state index contributed by atoms with van der Waals surface area (Å²) in [5.41, 5.74) is 3.26. The first-order valence-electron chi connectivity index (χ1n) is 11.6. The fraction of sp³-hybridized carbons (Fsp3) is 0.444. The summed E-state index contributed by atoms with van der Waals surface area (Å²) >= 11 is 0. The largest absolute Gasteiger partial charge is 0.493 e. The van der Waals surface area contributed by atoms with Gasteiger partial charge in [0.1, 0.15) is 5.75 Å². The molecular weight excluding hydrogens is 436 g/mol. The third kappa shape index (κ3) is 5.85. The summed E-state index contributed by atoms with van der Waals surface area (Å²) in [5.74, 6) is -0.283. The van der Waals surface area contributed by atoms with Gasteiger partial charge in [-0.1, -0.05) is 64.7 Å². The maximum atomic E-state index is 12.8. The van der Waals surface area contributed by atoms with E-state index in [-0.39, 0.29) is 11.3 Å². The maximum absolute atomic E-state index is 12.8. The van der Waals surface area contributed by atoms with Crippen molar-refractivity contribution in [3.05, 3.63) is 58.7 Å². The number of carboxylic acids is 1. The second-order valence-corrected chi connectivity index (χ2v) is 11.5. The topological polar surface area (TPSA) is 80.7 Å². The number of carbonyl (C=O) groups is 1. The van der Waals surface area contributed by atoms with Crippen molar-refractivity contribution in [3.63, 3.8) is 0 Å². The van der Waals surface area contributed by atoms with Crippen LogP contribution in [-0.2, 0) is 15.3 Å². The van der Waals surface area contributed by atoms with Gasteiger partial charge in [0.25, 0.3) is 0 Å². The van der Waals surface area contributed by atoms with E-state index < -0.39 is 21.2 Å². The first-order valence-corrected chi connectivity index (χ1v) is 13.3. The molecule has 2 aromatic carbocycles. The first kappa shape index (κ1) is 25.0. The summed E-state index contributed by atoms with van der Waals surface area (Å²) in [7, 11) is -3.35. The highest BCUT2D eigenvalue weighted by atomic mass is 32.2. The van der Waals surface area contributed by atoms with Crippen molar-refractivity contribution in [1.29, 1.82) is 0 Å². The number of ether oxygens (including phenoxy) is 1. The van der Waals surface area contributed by atoms with Gasteiger partial charge in [0.05, 0.1) is 22.8 Å². The Kier molecular flexibility index (Phi) is 7.68. The second kappa shape index (κ2) is 10.1. The molecule has 0 atom stereocenters. The summed E-state index contributed by atoms with van der Waals surface area (Å²) in [5, 5.41) is 9.12. The molecule has 1 aliphatic rings. The Bertz CT molecular complexity index is 1140. The molecule has 0 aliphatic carbocycles. The molecule has 0 unspecified atom stereocenters. The van der Waals surface area contributed by atoms with E-state index in [0.717, 1.165) is 35.1 Å². The Hall–Kier alpha value is -2.60. The molecule has 178 valence electrons. The fourth-order valence-corrected chi connectivity index (χ4v) is 6.56. The lowest BCUT2D eigenvalue weighted by atomic mass is 9.85. The average Bonchev–Trinajstić information content (AvgIpc) is 2.93. The van der Waals surface area contributed by atoms with Gasteiger partial charge >= 0.3 is 5.97 Å². The fourth-order valence-electron chi connectivity index (χ4n) is 4.34. The first-order chi connectivity index (χ1) is 15.5. The quantitative estimate of drug-likeness (QED) is 0.323. The van der Waals surface area contributed by atoms with E-state index in [0.29, 0.717) is 17.3 Å². The predicted molar refractivity (Wildman–Crippen MR) is 133 cm³/mol. The Balaban J connectivity index is 1.96. The van der Waals surface area contributed by atoms with Gasteiger partial charge in [-0.05, 0) is 54.3 Å². The van der Waals surface area contributed by atoms with E-state index >= 15 is 0 Å². The molecule has 0 bridgehead atoms. The van der Waals surface area contributed by atoms with Gasteiger partial charge < -0.3 is 9.84 Å². The van der Waals surface area contributed by atoms with Gasteiger partial charge in [-0.2, -0.15) is 0 Å². The van der Waals surface area contributed by atoms with E-state index in [1.165, 1.54) is 19.3 Å². The number of aromatic carboxylic acids is 1. The second-order valence-electron chi connectivity index (χ2n) is 9.50. The Morgan fingerprint density at radius 2 is 1.76 bits per heavy atom. The van der Waals surface area contributed by atoms with Gasteiger partial charge in [0, 0.05) is 11.0 Å². The van der Waals surface area contributed by atoms with Crippen LogP contribution in [0.2, 0.25) is 0 Å². The maximum Gasteiger partial charge on any atom is 0.335 e. The van der Waals surface area contributed by atoms with Gasteiger partial charge in [-0.25, -0.2) is 13.2 Å². The standard InChI is InChI=1S/C27H34O5S/c1-5-6-7-8-9-14-32-24-17-25-23(27(3,4)18-33(25,30)31)16-22(24)19(2)15-20-10-12-21(13-11-20)26(28)29/h10-13,15-17H,5-9,14,18H2,1-4H3,(H,28,29). The van der Waals surface area contributed by atoms with E-state index in [1.807, 2.05) is 32.9 Å². The normalized spacial score (nSPS) is 16.4. The van der Waals surface area contributed by atoms with E-state index in [1.54, 1.807) is 30.3 Å². The Labute approximate surface area is 197 Å². The van der Waals surface area contributed by atoms with Crippen LogP contribution in [-0.4, -0.2) is 31.9 Å². The number of unbranched alkanes of at least 4 members (excludes halogenated alkanes) is 4. The zero-order chi connectivity index (χ0) is 24.2. The van der Waals surface area contributed by atoms with E-state index in [9.17, 15) is 13.2 Å². The van der Waals surface area contributed by atoms with Crippen molar-refractivity contribution in [2.75, 3.05) is 12.4 Å². The van der Waals surface area contributed by atoms with Crippen molar-refractivity contribution in [3.8, 4) is 5.75 Å². The number of rotatable bonds is 10. The zero-order valence-electron chi connectivity index (χ0n) is 20.0. The van der Waals surface area contributed by atoms with Gasteiger partial charge in [-0.3, -0.25) is 0 Å². The molecule has 5 nitrogen and oxygen atoms in total. The van der Waals surface area contributed by atoms with Crippen LogP contribution < -0.4 is 4.74 Å². The molecule has 0 saturated carbocycles. The number of hydrogen-bond donors (Lipinski definition) is 1. The summed E-state index contributed by atoms with van der Waals surface area (Å²) < 4.78 is 31.8. The number of sulfone groups is 1. The Morgan fingerprint density at radius 1 is 1.09 bits per heavy atom. The van der Waals surface area contributed by atoms with Crippen LogP contribution in [0, 0.1) is 0 Å². The molecule has 3 rings (SSSR count).